The predicted octanol–water partition coefficient (Wildman–Crippen LogP) is -0.902. The van der Waals surface area contributed by atoms with Gasteiger partial charge in [0.1, 0.15) is 11.9 Å². The van der Waals surface area contributed by atoms with Crippen molar-refractivity contribution in [2.24, 2.45) is 17.6 Å². The van der Waals surface area contributed by atoms with Crippen molar-refractivity contribution in [1.29, 1.82) is 0 Å². The van der Waals surface area contributed by atoms with Gasteiger partial charge in [-0.1, -0.05) is 0 Å². The second-order valence-electron chi connectivity index (χ2n) is 4.47. The number of aliphatic carboxylic acids is 2. The highest BCUT2D eigenvalue weighted by Crippen LogP contribution is 2.57. The van der Waals surface area contributed by atoms with Crippen LogP contribution in [0.1, 0.15) is 12.8 Å². The molecule has 1 saturated carbocycles. The van der Waals surface area contributed by atoms with Gasteiger partial charge in [0, 0.05) is 12.1 Å². The lowest BCUT2D eigenvalue weighted by Gasteiger charge is -2.18. The first-order valence-corrected chi connectivity index (χ1v) is 7.29. The van der Waals surface area contributed by atoms with E-state index in [9.17, 15) is 24.2 Å². The minimum atomic E-state index is -4.00. The number of hydrogen-bond donors (Lipinski definition) is 5. The summed E-state index contributed by atoms with van der Waals surface area (Å²) in [5.74, 6) is -5.56. The van der Waals surface area contributed by atoms with Crippen LogP contribution in [-0.4, -0.2) is 50.2 Å². The number of aliphatic hydroxyl groups excluding tert-OH is 1. The number of nitrogens with two attached hydrogens (primary N) is 1. The van der Waals surface area contributed by atoms with Crippen molar-refractivity contribution in [3.05, 3.63) is 0 Å². The summed E-state index contributed by atoms with van der Waals surface area (Å²) in [7, 11) is -4.00. The molecule has 6 N–H and O–H groups in total. The van der Waals surface area contributed by atoms with Crippen LogP contribution in [0.2, 0.25) is 0 Å². The third-order valence-electron chi connectivity index (χ3n) is 3.03. The van der Waals surface area contributed by atoms with Gasteiger partial charge >= 0.3 is 11.9 Å². The quantitative estimate of drug-likeness (QED) is 0.375. The number of rotatable bonds is 7. The Morgan fingerprint density at radius 2 is 1.94 bits per heavy atom. The average molecular weight is 281 g/mol. The van der Waals surface area contributed by atoms with E-state index < -0.39 is 49.2 Å². The molecular formula is C9H16NO7P. The molecule has 9 heteroatoms. The van der Waals surface area contributed by atoms with Crippen LogP contribution in [0, 0.1) is 11.8 Å². The van der Waals surface area contributed by atoms with E-state index in [1.54, 1.807) is 0 Å². The topological polar surface area (TPSA) is 158 Å². The van der Waals surface area contributed by atoms with Gasteiger partial charge in [-0.25, -0.2) is 0 Å². The molecule has 1 rings (SSSR count). The molecule has 0 spiro atoms. The standard InChI is InChI=1S/C9H16NO7P/c10-6(8(13)14)1-2-18(16,17)9(15)5-3-4(5)7(11)12/h4-6,9,15H,1-3,10H2,(H,11,12)(H,13,14)(H,16,17)/t4-,5+,6+,9+/m1/s1. The first kappa shape index (κ1) is 15.1. The summed E-state index contributed by atoms with van der Waals surface area (Å²) < 4.78 is 11.8. The van der Waals surface area contributed by atoms with Crippen LogP contribution < -0.4 is 5.73 Å². The van der Waals surface area contributed by atoms with Crippen LogP contribution in [0.5, 0.6) is 0 Å². The molecule has 1 fully saturated rings. The van der Waals surface area contributed by atoms with Gasteiger partial charge in [-0.15, -0.1) is 0 Å². The fourth-order valence-electron chi connectivity index (χ4n) is 1.71. The largest absolute Gasteiger partial charge is 0.481 e. The first-order valence-electron chi connectivity index (χ1n) is 5.37. The summed E-state index contributed by atoms with van der Waals surface area (Å²) in [6, 6.07) is -1.27. The molecule has 5 atom stereocenters. The first-order chi connectivity index (χ1) is 8.16. The lowest BCUT2D eigenvalue weighted by molar-refractivity contribution is -0.139. The molecule has 0 amide bonds. The third-order valence-corrected chi connectivity index (χ3v) is 5.14. The number of carboxylic acids is 2. The van der Waals surface area contributed by atoms with Crippen LogP contribution in [0.4, 0.5) is 0 Å². The number of carboxylic acid groups (broad SMARTS) is 2. The number of carbonyl (C=O) groups is 2. The Morgan fingerprint density at radius 1 is 1.39 bits per heavy atom. The Morgan fingerprint density at radius 3 is 2.33 bits per heavy atom. The van der Waals surface area contributed by atoms with Gasteiger partial charge in [-0.2, -0.15) is 0 Å². The summed E-state index contributed by atoms with van der Waals surface area (Å²) in [5.41, 5.74) is 5.18. The van der Waals surface area contributed by atoms with Crippen molar-refractivity contribution < 1.29 is 34.4 Å². The van der Waals surface area contributed by atoms with Crippen LogP contribution >= 0.6 is 7.37 Å². The Kier molecular flexibility index (Phi) is 4.50. The van der Waals surface area contributed by atoms with Crippen molar-refractivity contribution in [3.8, 4) is 0 Å². The van der Waals surface area contributed by atoms with Gasteiger partial charge in [0.15, 0.2) is 0 Å². The monoisotopic (exact) mass is 281 g/mol. The zero-order chi connectivity index (χ0) is 14.1. The molecule has 8 nitrogen and oxygen atoms in total. The molecular weight excluding hydrogens is 265 g/mol. The van der Waals surface area contributed by atoms with E-state index in [4.69, 9.17) is 15.9 Å². The van der Waals surface area contributed by atoms with Crippen molar-refractivity contribution >= 4 is 19.3 Å². The van der Waals surface area contributed by atoms with Crippen LogP contribution in [-0.2, 0) is 14.2 Å². The fourth-order valence-corrected chi connectivity index (χ4v) is 3.55. The molecule has 0 radical (unpaired) electrons. The van der Waals surface area contributed by atoms with Crippen molar-refractivity contribution in [2.45, 2.75) is 24.7 Å². The molecule has 0 heterocycles. The van der Waals surface area contributed by atoms with E-state index in [0.29, 0.717) is 0 Å². The minimum Gasteiger partial charge on any atom is -0.481 e. The van der Waals surface area contributed by atoms with Crippen molar-refractivity contribution in [2.75, 3.05) is 6.16 Å². The number of aliphatic hydroxyl groups is 1. The fraction of sp³-hybridized carbons (Fsp3) is 0.778. The minimum absolute atomic E-state index is 0.159. The van der Waals surface area contributed by atoms with Gasteiger partial charge in [0.25, 0.3) is 0 Å². The van der Waals surface area contributed by atoms with E-state index in [2.05, 4.69) is 0 Å². The maximum Gasteiger partial charge on any atom is 0.320 e. The Balaban J connectivity index is 2.51. The third kappa shape index (κ3) is 3.52. The van der Waals surface area contributed by atoms with Crippen LogP contribution in [0.15, 0.2) is 0 Å². The van der Waals surface area contributed by atoms with E-state index in [-0.39, 0.29) is 12.8 Å². The van der Waals surface area contributed by atoms with E-state index in [0.717, 1.165) is 0 Å². The summed E-state index contributed by atoms with van der Waals surface area (Å²) in [6.45, 7) is 0. The zero-order valence-electron chi connectivity index (χ0n) is 9.47. The Bertz CT molecular complexity index is 398. The van der Waals surface area contributed by atoms with E-state index in [1.165, 1.54) is 0 Å². The van der Waals surface area contributed by atoms with Crippen LogP contribution in [0.3, 0.4) is 0 Å². The molecule has 0 aromatic carbocycles. The highest BCUT2D eigenvalue weighted by molar-refractivity contribution is 7.58. The van der Waals surface area contributed by atoms with Crippen molar-refractivity contribution in [1.82, 2.24) is 0 Å². The molecule has 104 valence electrons. The normalized spacial score (nSPS) is 29.1. The maximum atomic E-state index is 11.8. The molecule has 0 aromatic rings. The summed E-state index contributed by atoms with van der Waals surface area (Å²) in [5, 5.41) is 26.8. The Labute approximate surface area is 103 Å². The lowest BCUT2D eigenvalue weighted by Crippen LogP contribution is -2.31. The lowest BCUT2D eigenvalue weighted by atomic mass is 10.2. The number of hydrogen-bond acceptors (Lipinski definition) is 5. The highest BCUT2D eigenvalue weighted by atomic mass is 31.2. The second kappa shape index (κ2) is 5.36. The van der Waals surface area contributed by atoms with Gasteiger partial charge < -0.3 is 25.9 Å². The highest BCUT2D eigenvalue weighted by Gasteiger charge is 2.53. The van der Waals surface area contributed by atoms with Gasteiger partial charge in [0.2, 0.25) is 7.37 Å². The Hall–Kier alpha value is -0.950. The van der Waals surface area contributed by atoms with Gasteiger partial charge in [0.05, 0.1) is 5.92 Å². The summed E-state index contributed by atoms with van der Waals surface area (Å²) >= 11 is 0. The van der Waals surface area contributed by atoms with E-state index >= 15 is 0 Å². The molecule has 18 heavy (non-hydrogen) atoms. The smallest absolute Gasteiger partial charge is 0.320 e. The van der Waals surface area contributed by atoms with Crippen LogP contribution in [0.25, 0.3) is 0 Å². The van der Waals surface area contributed by atoms with Gasteiger partial charge in [-0.3, -0.25) is 14.2 Å². The molecule has 0 bridgehead atoms. The second-order valence-corrected chi connectivity index (χ2v) is 6.96. The molecule has 0 saturated heterocycles. The molecule has 1 aliphatic carbocycles. The summed E-state index contributed by atoms with van der Waals surface area (Å²) in [6.07, 6.45) is -0.527. The summed E-state index contributed by atoms with van der Waals surface area (Å²) in [4.78, 5) is 30.6. The molecule has 0 aliphatic heterocycles. The van der Waals surface area contributed by atoms with Gasteiger partial charge in [-0.05, 0) is 12.8 Å². The molecule has 1 aliphatic rings. The SMILES string of the molecule is N[C@@H](CCP(=O)(O)[C@H](O)[C@H]1C[C@H]1C(=O)O)C(=O)O. The maximum absolute atomic E-state index is 11.8. The average Bonchev–Trinajstić information content (AvgIpc) is 3.04. The molecule has 1 unspecified atom stereocenters. The van der Waals surface area contributed by atoms with Crippen molar-refractivity contribution in [3.63, 3.8) is 0 Å². The predicted molar refractivity (Wildman–Crippen MR) is 60.2 cm³/mol. The zero-order valence-corrected chi connectivity index (χ0v) is 10.4. The van der Waals surface area contributed by atoms with E-state index in [1.807, 2.05) is 0 Å². The molecule has 0 aromatic heterocycles.